The van der Waals surface area contributed by atoms with Crippen molar-refractivity contribution in [3.63, 3.8) is 0 Å². The zero-order valence-corrected chi connectivity index (χ0v) is 9.68. The molecule has 13 heteroatoms. The Morgan fingerprint density at radius 2 is 1.14 bits per heavy atom. The van der Waals surface area contributed by atoms with Crippen LogP contribution in [0.3, 0.4) is 0 Å². The summed E-state index contributed by atoms with van der Waals surface area (Å²) < 4.78 is 148. The molecule has 0 amide bonds. The van der Waals surface area contributed by atoms with Crippen molar-refractivity contribution in [2.75, 3.05) is 0 Å². The molecule has 0 aromatic heterocycles. The van der Waals surface area contributed by atoms with Gasteiger partial charge in [-0.15, -0.1) is 0 Å². The van der Waals surface area contributed by atoms with Crippen LogP contribution < -0.4 is 0 Å². The molecule has 0 heterocycles. The maximum atomic E-state index is 12.8. The van der Waals surface area contributed by atoms with Gasteiger partial charge in [0.25, 0.3) is 6.17 Å². The molecular weight excluding hydrogens is 340 g/mol. The Morgan fingerprint density at radius 1 is 0.762 bits per heavy atom. The third-order valence-electron chi connectivity index (χ3n) is 2.06. The number of ether oxygens (including phenoxy) is 1. The van der Waals surface area contributed by atoms with Gasteiger partial charge in [0, 0.05) is 0 Å². The first-order chi connectivity index (χ1) is 8.94. The summed E-state index contributed by atoms with van der Waals surface area (Å²) in [4.78, 5) is 0. The number of hydrogen-bond donors (Lipinski definition) is 0. The molecule has 0 aromatic carbocycles. The van der Waals surface area contributed by atoms with Gasteiger partial charge in [-0.2, -0.15) is 43.9 Å². The minimum absolute atomic E-state index is 0.124. The van der Waals surface area contributed by atoms with Gasteiger partial charge in [0.1, 0.15) is 0 Å². The monoisotopic (exact) mass is 346 g/mol. The summed E-state index contributed by atoms with van der Waals surface area (Å²) in [5.74, 6) is -6.17. The van der Waals surface area contributed by atoms with E-state index in [1.54, 1.807) is 0 Å². The predicted octanol–water partition coefficient (Wildman–Crippen LogP) is 4.42. The third-order valence-corrected chi connectivity index (χ3v) is 2.06. The van der Waals surface area contributed by atoms with E-state index in [1.807, 2.05) is 0 Å². The highest BCUT2D eigenvalue weighted by Gasteiger charge is 2.66. The van der Waals surface area contributed by atoms with Gasteiger partial charge in [0.05, 0.1) is 6.10 Å². The first kappa shape index (κ1) is 20.1. The molecule has 0 aliphatic carbocycles. The Hall–Kier alpha value is -0.880. The van der Waals surface area contributed by atoms with E-state index in [-0.39, 0.29) is 6.92 Å². The Kier molecular flexibility index (Phi) is 5.48. The summed E-state index contributed by atoms with van der Waals surface area (Å²) in [7, 11) is 0. The molecule has 3 unspecified atom stereocenters. The summed E-state index contributed by atoms with van der Waals surface area (Å²) in [5.41, 5.74) is 0. The molecule has 0 rings (SSSR count). The van der Waals surface area contributed by atoms with E-state index in [0.29, 0.717) is 0 Å². The van der Waals surface area contributed by atoms with Crippen LogP contribution in [-0.2, 0) is 4.74 Å². The summed E-state index contributed by atoms with van der Waals surface area (Å²) in [6.07, 6.45) is -31.4. The molecule has 0 aliphatic rings. The van der Waals surface area contributed by atoms with Crippen LogP contribution in [0.5, 0.6) is 0 Å². The molecule has 128 valence electrons. The Bertz CT molecular complexity index is 344. The fraction of sp³-hybridized carbons (Fsp3) is 1.00. The molecule has 0 N–H and O–H groups in total. The van der Waals surface area contributed by atoms with E-state index in [4.69, 9.17) is 0 Å². The lowest BCUT2D eigenvalue weighted by Gasteiger charge is -2.30. The highest BCUT2D eigenvalue weighted by Crippen LogP contribution is 2.43. The minimum atomic E-state index is -6.50. The standard InChI is InChI=1S/C8H6F12O/c1-2(3(9)5(11,12)8(18,19)20)21-7(16,17)4(10)6(13,14)15/h2-4H,1H3. The van der Waals surface area contributed by atoms with Crippen molar-refractivity contribution in [2.24, 2.45) is 0 Å². The molecule has 0 saturated carbocycles. The van der Waals surface area contributed by atoms with Gasteiger partial charge < -0.3 is 4.74 Å². The lowest BCUT2D eigenvalue weighted by atomic mass is 10.1. The molecule has 0 saturated heterocycles. The molecule has 3 atom stereocenters. The third kappa shape index (κ3) is 4.54. The van der Waals surface area contributed by atoms with E-state index >= 15 is 0 Å². The quantitative estimate of drug-likeness (QED) is 0.670. The van der Waals surface area contributed by atoms with E-state index in [9.17, 15) is 52.7 Å². The molecular formula is C8H6F12O. The van der Waals surface area contributed by atoms with Gasteiger partial charge in [-0.05, 0) is 6.92 Å². The highest BCUT2D eigenvalue weighted by molar-refractivity contribution is 4.89. The topological polar surface area (TPSA) is 9.23 Å². The maximum absolute atomic E-state index is 12.8. The lowest BCUT2D eigenvalue weighted by Crippen LogP contribution is -2.53. The number of hydrogen-bond acceptors (Lipinski definition) is 1. The zero-order valence-electron chi connectivity index (χ0n) is 9.68. The average Bonchev–Trinajstić information content (AvgIpc) is 2.23. The smallest absolute Gasteiger partial charge is 0.312 e. The molecule has 0 spiro atoms. The summed E-state index contributed by atoms with van der Waals surface area (Å²) in [6, 6.07) is 0. The Balaban J connectivity index is 5.10. The van der Waals surface area contributed by atoms with Gasteiger partial charge in [0.2, 0.25) is 0 Å². The van der Waals surface area contributed by atoms with Gasteiger partial charge in [-0.3, -0.25) is 0 Å². The van der Waals surface area contributed by atoms with Crippen LogP contribution in [0.2, 0.25) is 0 Å². The first-order valence-electron chi connectivity index (χ1n) is 4.79. The zero-order chi connectivity index (χ0) is 17.4. The molecule has 0 fully saturated rings. The molecule has 0 aliphatic heterocycles. The fourth-order valence-electron chi connectivity index (χ4n) is 1.01. The Labute approximate surface area is 108 Å². The molecule has 1 nitrogen and oxygen atoms in total. The van der Waals surface area contributed by atoms with Gasteiger partial charge in [-0.1, -0.05) is 0 Å². The van der Waals surface area contributed by atoms with Crippen LogP contribution >= 0.6 is 0 Å². The molecule has 0 radical (unpaired) electrons. The highest BCUT2D eigenvalue weighted by atomic mass is 19.4. The van der Waals surface area contributed by atoms with Gasteiger partial charge in [0.15, 0.2) is 6.17 Å². The normalized spacial score (nSPS) is 19.3. The largest absolute Gasteiger partial charge is 0.456 e. The predicted molar refractivity (Wildman–Crippen MR) is 42.3 cm³/mol. The van der Waals surface area contributed by atoms with Crippen LogP contribution in [0.1, 0.15) is 6.92 Å². The van der Waals surface area contributed by atoms with Crippen molar-refractivity contribution in [1.29, 1.82) is 0 Å². The Morgan fingerprint density at radius 3 is 1.43 bits per heavy atom. The van der Waals surface area contributed by atoms with E-state index in [2.05, 4.69) is 4.74 Å². The molecule has 0 bridgehead atoms. The maximum Gasteiger partial charge on any atom is 0.456 e. The van der Waals surface area contributed by atoms with Gasteiger partial charge >= 0.3 is 24.4 Å². The van der Waals surface area contributed by atoms with E-state index in [1.165, 1.54) is 0 Å². The molecule has 21 heavy (non-hydrogen) atoms. The van der Waals surface area contributed by atoms with Crippen molar-refractivity contribution < 1.29 is 57.4 Å². The van der Waals surface area contributed by atoms with Crippen molar-refractivity contribution >= 4 is 0 Å². The summed E-state index contributed by atoms with van der Waals surface area (Å²) in [6.45, 7) is -0.124. The number of rotatable bonds is 5. The van der Waals surface area contributed by atoms with E-state index in [0.717, 1.165) is 0 Å². The number of halogens is 12. The van der Waals surface area contributed by atoms with Crippen LogP contribution in [0.25, 0.3) is 0 Å². The van der Waals surface area contributed by atoms with E-state index < -0.39 is 42.8 Å². The van der Waals surface area contributed by atoms with Crippen LogP contribution in [0.4, 0.5) is 52.7 Å². The first-order valence-corrected chi connectivity index (χ1v) is 4.79. The summed E-state index contributed by atoms with van der Waals surface area (Å²) >= 11 is 0. The van der Waals surface area contributed by atoms with Crippen LogP contribution in [0.15, 0.2) is 0 Å². The summed E-state index contributed by atoms with van der Waals surface area (Å²) in [5, 5.41) is 0. The lowest BCUT2D eigenvalue weighted by molar-refractivity contribution is -0.367. The van der Waals surface area contributed by atoms with Crippen LogP contribution in [0, 0.1) is 0 Å². The SMILES string of the molecule is CC(OC(F)(F)C(F)C(F)(F)F)C(F)C(F)(F)C(F)(F)F. The second kappa shape index (κ2) is 5.72. The van der Waals surface area contributed by atoms with Crippen molar-refractivity contribution in [3.8, 4) is 0 Å². The fourth-order valence-corrected chi connectivity index (χ4v) is 1.01. The number of alkyl halides is 12. The average molecular weight is 346 g/mol. The van der Waals surface area contributed by atoms with Crippen LogP contribution in [-0.4, -0.2) is 42.8 Å². The second-order valence-corrected chi connectivity index (χ2v) is 3.81. The molecule has 0 aromatic rings. The minimum Gasteiger partial charge on any atom is -0.312 e. The van der Waals surface area contributed by atoms with Crippen molar-refractivity contribution in [2.45, 2.75) is 49.8 Å². The van der Waals surface area contributed by atoms with Crippen molar-refractivity contribution in [1.82, 2.24) is 0 Å². The second-order valence-electron chi connectivity index (χ2n) is 3.81. The van der Waals surface area contributed by atoms with Crippen molar-refractivity contribution in [3.05, 3.63) is 0 Å². The van der Waals surface area contributed by atoms with Gasteiger partial charge in [-0.25, -0.2) is 8.78 Å².